The zero-order chi connectivity index (χ0) is 16.6. The van der Waals surface area contributed by atoms with Crippen molar-refractivity contribution in [3.63, 3.8) is 0 Å². The molecule has 1 aliphatic carbocycles. The topological polar surface area (TPSA) is 47.6 Å². The van der Waals surface area contributed by atoms with Crippen molar-refractivity contribution in [3.05, 3.63) is 29.1 Å². The molecule has 23 heavy (non-hydrogen) atoms. The summed E-state index contributed by atoms with van der Waals surface area (Å²) in [5, 5.41) is 2.75. The minimum atomic E-state index is -1.44. The number of amides is 1. The Hall–Kier alpha value is -1.76. The molecule has 1 N–H and O–H groups in total. The van der Waals surface area contributed by atoms with Crippen LogP contribution in [0.25, 0.3) is 0 Å². The van der Waals surface area contributed by atoms with Crippen LogP contribution < -0.4 is 10.1 Å². The van der Waals surface area contributed by atoms with Crippen LogP contribution in [0.1, 0.15) is 36.0 Å². The number of nitrogens with one attached hydrogen (secondary N) is 1. The van der Waals surface area contributed by atoms with Gasteiger partial charge in [0.2, 0.25) is 5.82 Å². The Morgan fingerprint density at radius 2 is 1.96 bits per heavy atom. The van der Waals surface area contributed by atoms with Gasteiger partial charge < -0.3 is 14.8 Å². The van der Waals surface area contributed by atoms with Crippen LogP contribution in [0.4, 0.5) is 13.2 Å². The predicted octanol–water partition coefficient (Wildman–Crippen LogP) is 2.80. The molecule has 1 atom stereocenters. The fourth-order valence-corrected chi connectivity index (χ4v) is 3.46. The van der Waals surface area contributed by atoms with Gasteiger partial charge >= 0.3 is 0 Å². The Labute approximate surface area is 132 Å². The zero-order valence-corrected chi connectivity index (χ0v) is 12.8. The number of rotatable bonds is 3. The maximum Gasteiger partial charge on any atom is 0.254 e. The summed E-state index contributed by atoms with van der Waals surface area (Å²) in [6, 6.07) is 0.468. The van der Waals surface area contributed by atoms with Crippen molar-refractivity contribution in [2.24, 2.45) is 5.41 Å². The van der Waals surface area contributed by atoms with Gasteiger partial charge in [-0.15, -0.1) is 0 Å². The third-order valence-corrected chi connectivity index (χ3v) is 5.03. The van der Waals surface area contributed by atoms with Crippen molar-refractivity contribution in [2.75, 3.05) is 20.3 Å². The van der Waals surface area contributed by atoms with Gasteiger partial charge in [-0.05, 0) is 37.2 Å². The number of carbonyl (C=O) groups excluding carboxylic acids is 1. The summed E-state index contributed by atoms with van der Waals surface area (Å²) >= 11 is 0. The van der Waals surface area contributed by atoms with E-state index in [1.807, 2.05) is 0 Å². The van der Waals surface area contributed by atoms with Crippen LogP contribution in [0, 0.1) is 22.9 Å². The largest absolute Gasteiger partial charge is 0.491 e. The number of carbonyl (C=O) groups is 1. The molecule has 126 valence electrons. The lowest BCUT2D eigenvalue weighted by molar-refractivity contribution is -0.0523. The first kappa shape index (κ1) is 16.1. The number of benzene rings is 1. The van der Waals surface area contributed by atoms with Crippen molar-refractivity contribution in [1.82, 2.24) is 5.32 Å². The zero-order valence-electron chi connectivity index (χ0n) is 12.8. The molecule has 4 nitrogen and oxygen atoms in total. The molecule has 0 aromatic heterocycles. The first-order chi connectivity index (χ1) is 11.0. The molecule has 7 heteroatoms. The molecule has 1 aliphatic heterocycles. The van der Waals surface area contributed by atoms with Gasteiger partial charge in [-0.2, -0.15) is 4.39 Å². The summed E-state index contributed by atoms with van der Waals surface area (Å²) in [5.74, 6) is -5.59. The standard InChI is InChI=1S/C16H18F3NO3/c1-22-14-12(18)9(8-10(17)13(14)19)15(21)20-11-2-3-16(11)4-6-23-7-5-16/h8,11H,2-7H2,1H3,(H,20,21)/t11-/m0/s1. The lowest BCUT2D eigenvalue weighted by atomic mass is 9.60. The summed E-state index contributed by atoms with van der Waals surface area (Å²) in [7, 11) is 1.02. The Morgan fingerprint density at radius 3 is 2.52 bits per heavy atom. The summed E-state index contributed by atoms with van der Waals surface area (Å²) in [4.78, 5) is 12.3. The van der Waals surface area contributed by atoms with E-state index in [0.717, 1.165) is 32.8 Å². The highest BCUT2D eigenvalue weighted by molar-refractivity contribution is 5.95. The number of ether oxygens (including phenoxy) is 2. The third kappa shape index (κ3) is 2.67. The number of hydrogen-bond donors (Lipinski definition) is 1. The summed E-state index contributed by atoms with van der Waals surface area (Å²) in [6.45, 7) is 1.28. The molecular weight excluding hydrogens is 311 g/mol. The quantitative estimate of drug-likeness (QED) is 0.868. The van der Waals surface area contributed by atoms with Gasteiger partial charge in [0.15, 0.2) is 17.4 Å². The van der Waals surface area contributed by atoms with E-state index >= 15 is 0 Å². The molecule has 2 aliphatic rings. The number of halogens is 3. The van der Waals surface area contributed by atoms with Gasteiger partial charge in [-0.25, -0.2) is 8.78 Å². The average molecular weight is 329 g/mol. The highest BCUT2D eigenvalue weighted by atomic mass is 19.2. The second-order valence-electron chi connectivity index (χ2n) is 6.11. The van der Waals surface area contributed by atoms with Gasteiger partial charge in [-0.3, -0.25) is 4.79 Å². The van der Waals surface area contributed by atoms with Gasteiger partial charge in [0.05, 0.1) is 12.7 Å². The van der Waals surface area contributed by atoms with E-state index in [2.05, 4.69) is 10.1 Å². The minimum absolute atomic E-state index is 0.0208. The molecular formula is C16H18F3NO3. The van der Waals surface area contributed by atoms with E-state index in [9.17, 15) is 18.0 Å². The molecule has 1 amide bonds. The second-order valence-corrected chi connectivity index (χ2v) is 6.11. The Balaban J connectivity index is 1.80. The molecule has 1 saturated carbocycles. The molecule has 1 aromatic carbocycles. The highest BCUT2D eigenvalue weighted by Crippen LogP contribution is 2.48. The van der Waals surface area contributed by atoms with Crippen LogP contribution in [0.5, 0.6) is 5.75 Å². The molecule has 1 aromatic rings. The van der Waals surface area contributed by atoms with Crippen molar-refractivity contribution in [3.8, 4) is 5.75 Å². The molecule has 1 heterocycles. The molecule has 0 unspecified atom stereocenters. The van der Waals surface area contributed by atoms with Gasteiger partial charge in [-0.1, -0.05) is 0 Å². The molecule has 0 bridgehead atoms. The van der Waals surface area contributed by atoms with Crippen molar-refractivity contribution in [2.45, 2.75) is 31.7 Å². The van der Waals surface area contributed by atoms with Crippen molar-refractivity contribution >= 4 is 5.91 Å². The first-order valence-corrected chi connectivity index (χ1v) is 7.58. The highest BCUT2D eigenvalue weighted by Gasteiger charge is 2.48. The van der Waals surface area contributed by atoms with Crippen LogP contribution in [0.2, 0.25) is 0 Å². The normalized spacial score (nSPS) is 22.5. The Kier molecular flexibility index (Phi) is 4.23. The van der Waals surface area contributed by atoms with Gasteiger partial charge in [0.1, 0.15) is 0 Å². The smallest absolute Gasteiger partial charge is 0.254 e. The number of methoxy groups -OCH3 is 1. The van der Waals surface area contributed by atoms with Crippen LogP contribution in [-0.4, -0.2) is 32.3 Å². The monoisotopic (exact) mass is 329 g/mol. The fourth-order valence-electron chi connectivity index (χ4n) is 3.46. The Morgan fingerprint density at radius 1 is 1.26 bits per heavy atom. The SMILES string of the molecule is COc1c(F)c(F)cc(C(=O)N[C@H]2CCC23CCOCC3)c1F. The predicted molar refractivity (Wildman–Crippen MR) is 75.8 cm³/mol. The fraction of sp³-hybridized carbons (Fsp3) is 0.562. The lowest BCUT2D eigenvalue weighted by Gasteiger charge is -2.52. The molecule has 1 saturated heterocycles. The maximum atomic E-state index is 14.2. The van der Waals surface area contributed by atoms with Crippen LogP contribution in [0.3, 0.4) is 0 Å². The minimum Gasteiger partial charge on any atom is -0.491 e. The van der Waals surface area contributed by atoms with E-state index in [0.29, 0.717) is 19.3 Å². The third-order valence-electron chi connectivity index (χ3n) is 5.03. The lowest BCUT2D eigenvalue weighted by Crippen LogP contribution is -2.57. The Bertz CT molecular complexity index is 629. The molecule has 2 fully saturated rings. The molecule has 1 spiro atoms. The van der Waals surface area contributed by atoms with E-state index in [-0.39, 0.29) is 11.5 Å². The van der Waals surface area contributed by atoms with E-state index < -0.39 is 34.7 Å². The number of hydrogen-bond acceptors (Lipinski definition) is 3. The van der Waals surface area contributed by atoms with Crippen LogP contribution in [-0.2, 0) is 4.74 Å². The maximum absolute atomic E-state index is 14.2. The van der Waals surface area contributed by atoms with E-state index in [1.54, 1.807) is 0 Å². The average Bonchev–Trinajstić information content (AvgIpc) is 2.56. The van der Waals surface area contributed by atoms with Gasteiger partial charge in [0, 0.05) is 19.3 Å². The van der Waals surface area contributed by atoms with Crippen molar-refractivity contribution in [1.29, 1.82) is 0 Å². The summed E-state index contributed by atoms with van der Waals surface area (Å²) in [6.07, 6.45) is 3.43. The molecule has 0 radical (unpaired) electrons. The molecule has 3 rings (SSSR count). The van der Waals surface area contributed by atoms with Crippen LogP contribution >= 0.6 is 0 Å². The van der Waals surface area contributed by atoms with Crippen molar-refractivity contribution < 1.29 is 27.4 Å². The van der Waals surface area contributed by atoms with Crippen LogP contribution in [0.15, 0.2) is 6.07 Å². The van der Waals surface area contributed by atoms with E-state index in [1.165, 1.54) is 0 Å². The second kappa shape index (κ2) is 6.03. The summed E-state index contributed by atoms with van der Waals surface area (Å²) in [5.41, 5.74) is -0.567. The first-order valence-electron chi connectivity index (χ1n) is 7.58. The van der Waals surface area contributed by atoms with E-state index in [4.69, 9.17) is 4.74 Å². The van der Waals surface area contributed by atoms with Gasteiger partial charge in [0.25, 0.3) is 5.91 Å². The summed E-state index contributed by atoms with van der Waals surface area (Å²) < 4.78 is 51.0.